The third kappa shape index (κ3) is 4.34. The Labute approximate surface area is 170 Å². The van der Waals surface area contributed by atoms with Crippen LogP contribution in [0.3, 0.4) is 0 Å². The van der Waals surface area contributed by atoms with Crippen molar-refractivity contribution < 1.29 is 19.1 Å². The molecule has 2 aliphatic rings. The number of urea groups is 1. The van der Waals surface area contributed by atoms with E-state index in [0.29, 0.717) is 12.8 Å². The largest absolute Gasteiger partial charge is 0.497 e. The van der Waals surface area contributed by atoms with Gasteiger partial charge in [0.05, 0.1) is 13.2 Å². The molecule has 1 saturated carbocycles. The average Bonchev–Trinajstić information content (AvgIpc) is 3.53. The molecule has 0 unspecified atom stereocenters. The van der Waals surface area contributed by atoms with Crippen LogP contribution >= 0.6 is 0 Å². The summed E-state index contributed by atoms with van der Waals surface area (Å²) >= 11 is 0. The van der Waals surface area contributed by atoms with Gasteiger partial charge in [0, 0.05) is 0 Å². The predicted molar refractivity (Wildman–Crippen MR) is 105 cm³/mol. The molecule has 1 aliphatic heterocycles. The lowest BCUT2D eigenvalue weighted by Crippen LogP contribution is -2.51. The summed E-state index contributed by atoms with van der Waals surface area (Å²) in [7, 11) is 1.59. The Morgan fingerprint density at radius 2 is 2.03 bits per heavy atom. The number of ether oxygens (including phenoxy) is 1. The van der Waals surface area contributed by atoms with Gasteiger partial charge < -0.3 is 15.4 Å². The first-order valence-corrected chi connectivity index (χ1v) is 9.70. The van der Waals surface area contributed by atoms with Crippen LogP contribution in [0.25, 0.3) is 0 Å². The summed E-state index contributed by atoms with van der Waals surface area (Å²) in [5.74, 6) is -0.0765. The highest BCUT2D eigenvalue weighted by Crippen LogP contribution is 2.39. The molecule has 8 nitrogen and oxygen atoms in total. The van der Waals surface area contributed by atoms with Gasteiger partial charge in [-0.25, -0.2) is 4.79 Å². The van der Waals surface area contributed by atoms with Crippen molar-refractivity contribution in [1.29, 1.82) is 5.26 Å². The van der Waals surface area contributed by atoms with Crippen molar-refractivity contribution in [2.75, 3.05) is 13.7 Å². The molecule has 29 heavy (non-hydrogen) atoms. The summed E-state index contributed by atoms with van der Waals surface area (Å²) in [6.07, 6.45) is 2.76. The summed E-state index contributed by atoms with van der Waals surface area (Å²) in [6.45, 7) is 2.94. The van der Waals surface area contributed by atoms with Gasteiger partial charge in [-0.15, -0.1) is 0 Å². The first-order chi connectivity index (χ1) is 13.7. The minimum atomic E-state index is -1.08. The molecular formula is C21H26N4O4. The lowest BCUT2D eigenvalue weighted by atomic mass is 9.93. The summed E-state index contributed by atoms with van der Waals surface area (Å²) in [5, 5.41) is 14.8. The van der Waals surface area contributed by atoms with E-state index in [-0.39, 0.29) is 5.92 Å². The Morgan fingerprint density at radius 1 is 1.38 bits per heavy atom. The third-order valence-corrected chi connectivity index (χ3v) is 5.74. The van der Waals surface area contributed by atoms with Crippen LogP contribution in [0.1, 0.15) is 38.7 Å². The molecule has 154 valence electrons. The molecule has 1 heterocycles. The second-order valence-electron chi connectivity index (χ2n) is 8.14. The second-order valence-corrected chi connectivity index (χ2v) is 8.14. The first kappa shape index (κ1) is 20.6. The van der Waals surface area contributed by atoms with Crippen LogP contribution < -0.4 is 15.4 Å². The molecule has 8 heteroatoms. The number of methoxy groups -OCH3 is 1. The zero-order valence-electron chi connectivity index (χ0n) is 16.9. The van der Waals surface area contributed by atoms with E-state index in [9.17, 15) is 19.6 Å². The zero-order chi connectivity index (χ0) is 21.2. The smallest absolute Gasteiger partial charge is 0.325 e. The minimum absolute atomic E-state index is 0.120. The maximum Gasteiger partial charge on any atom is 0.325 e. The van der Waals surface area contributed by atoms with Gasteiger partial charge in [-0.1, -0.05) is 12.1 Å². The van der Waals surface area contributed by atoms with E-state index >= 15 is 0 Å². The molecule has 0 bridgehead atoms. The van der Waals surface area contributed by atoms with Crippen LogP contribution in [-0.4, -0.2) is 47.5 Å². The number of hydrogen-bond acceptors (Lipinski definition) is 5. The Kier molecular flexibility index (Phi) is 5.51. The van der Waals surface area contributed by atoms with E-state index in [1.807, 2.05) is 24.3 Å². The Bertz CT molecular complexity index is 858. The summed E-state index contributed by atoms with van der Waals surface area (Å²) in [4.78, 5) is 38.5. The van der Waals surface area contributed by atoms with Crippen molar-refractivity contribution >= 4 is 17.8 Å². The molecular weight excluding hydrogens is 372 g/mol. The van der Waals surface area contributed by atoms with E-state index in [2.05, 4.69) is 16.7 Å². The third-order valence-electron chi connectivity index (χ3n) is 5.74. The number of nitriles is 1. The van der Waals surface area contributed by atoms with Crippen molar-refractivity contribution in [1.82, 2.24) is 15.5 Å². The number of hydrogen-bond donors (Lipinski definition) is 2. The topological polar surface area (TPSA) is 112 Å². The molecule has 2 fully saturated rings. The van der Waals surface area contributed by atoms with Gasteiger partial charge in [-0.3, -0.25) is 14.5 Å². The van der Waals surface area contributed by atoms with Gasteiger partial charge in [0.15, 0.2) is 0 Å². The number of carbonyl (C=O) groups is 3. The van der Waals surface area contributed by atoms with Crippen LogP contribution in [0.4, 0.5) is 4.79 Å². The number of rotatable bonds is 8. The first-order valence-electron chi connectivity index (χ1n) is 9.70. The molecule has 1 aliphatic carbocycles. The van der Waals surface area contributed by atoms with E-state index in [1.54, 1.807) is 21.0 Å². The van der Waals surface area contributed by atoms with Crippen molar-refractivity contribution in [2.45, 2.75) is 50.6 Å². The molecule has 0 aromatic heterocycles. The van der Waals surface area contributed by atoms with Crippen LogP contribution in [-0.2, 0) is 16.0 Å². The second kappa shape index (κ2) is 7.74. The van der Waals surface area contributed by atoms with Gasteiger partial charge in [-0.05, 0) is 63.1 Å². The molecule has 0 spiro atoms. The monoisotopic (exact) mass is 398 g/mol. The van der Waals surface area contributed by atoms with Gasteiger partial charge in [-0.2, -0.15) is 5.26 Å². The number of benzene rings is 1. The van der Waals surface area contributed by atoms with E-state index < -0.39 is 35.5 Å². The SMILES string of the molecule is COc1ccc(CC[C@@]2(C)NC(=O)N(CC(=O)N[C@](C)(C#N)C3CC3)C2=O)cc1. The maximum atomic E-state index is 12.9. The number of imide groups is 1. The Hall–Kier alpha value is -3.08. The Balaban J connectivity index is 1.60. The van der Waals surface area contributed by atoms with Gasteiger partial charge >= 0.3 is 6.03 Å². The van der Waals surface area contributed by atoms with Crippen molar-refractivity contribution in [3.05, 3.63) is 29.8 Å². The normalized spacial score (nSPS) is 23.2. The molecule has 2 atom stereocenters. The van der Waals surface area contributed by atoms with Gasteiger partial charge in [0.1, 0.15) is 23.4 Å². The number of carbonyl (C=O) groups excluding carboxylic acids is 3. The fraction of sp³-hybridized carbons (Fsp3) is 0.524. The molecule has 4 amide bonds. The zero-order valence-corrected chi connectivity index (χ0v) is 16.9. The lowest BCUT2D eigenvalue weighted by Gasteiger charge is -2.24. The number of amides is 4. The summed E-state index contributed by atoms with van der Waals surface area (Å²) < 4.78 is 5.13. The minimum Gasteiger partial charge on any atom is -0.497 e. The lowest BCUT2D eigenvalue weighted by molar-refractivity contribution is -0.135. The van der Waals surface area contributed by atoms with E-state index in [1.165, 1.54) is 0 Å². The van der Waals surface area contributed by atoms with E-state index in [0.717, 1.165) is 29.1 Å². The van der Waals surface area contributed by atoms with Crippen LogP contribution in [0.5, 0.6) is 5.75 Å². The predicted octanol–water partition coefficient (Wildman–Crippen LogP) is 1.75. The van der Waals surface area contributed by atoms with Crippen molar-refractivity contribution in [2.24, 2.45) is 5.92 Å². The number of nitrogens with zero attached hydrogens (tertiary/aromatic N) is 2. The molecule has 0 radical (unpaired) electrons. The Morgan fingerprint density at radius 3 is 2.59 bits per heavy atom. The molecule has 2 N–H and O–H groups in total. The fourth-order valence-corrected chi connectivity index (χ4v) is 3.60. The average molecular weight is 398 g/mol. The van der Waals surface area contributed by atoms with E-state index in [4.69, 9.17) is 4.74 Å². The molecule has 1 saturated heterocycles. The highest BCUT2D eigenvalue weighted by Gasteiger charge is 2.49. The molecule has 1 aromatic rings. The van der Waals surface area contributed by atoms with Crippen LogP contribution in [0, 0.1) is 17.2 Å². The number of aryl methyl sites for hydroxylation is 1. The fourth-order valence-electron chi connectivity index (χ4n) is 3.60. The van der Waals surface area contributed by atoms with Gasteiger partial charge in [0.2, 0.25) is 5.91 Å². The van der Waals surface area contributed by atoms with Gasteiger partial charge in [0.25, 0.3) is 5.91 Å². The maximum absolute atomic E-state index is 12.9. The van der Waals surface area contributed by atoms with Crippen molar-refractivity contribution in [3.63, 3.8) is 0 Å². The standard InChI is InChI=1S/C21H26N4O4/c1-20(11-10-14-4-8-16(29-3)9-5-14)18(27)25(19(28)24-20)12-17(26)23-21(2,13-22)15-6-7-15/h4-5,8-9,15H,6-7,10-12H2,1-3H3,(H,23,26)(H,24,28)/t20-,21-/m1/s1. The quantitative estimate of drug-likeness (QED) is 0.648. The number of nitrogens with one attached hydrogen (secondary N) is 2. The highest BCUT2D eigenvalue weighted by atomic mass is 16.5. The van der Waals surface area contributed by atoms with Crippen LogP contribution in [0.15, 0.2) is 24.3 Å². The van der Waals surface area contributed by atoms with Crippen LogP contribution in [0.2, 0.25) is 0 Å². The summed E-state index contributed by atoms with van der Waals surface area (Å²) in [5.41, 5.74) is -1.03. The summed E-state index contributed by atoms with van der Waals surface area (Å²) in [6, 6.07) is 9.06. The molecule has 1 aromatic carbocycles. The van der Waals surface area contributed by atoms with Crippen molar-refractivity contribution in [3.8, 4) is 11.8 Å². The molecule has 3 rings (SSSR count). The highest BCUT2D eigenvalue weighted by molar-refractivity contribution is 6.08.